The minimum atomic E-state index is -3.86. The number of carbonyl (C=O) groups is 2. The number of amides is 2. The molecule has 33 heavy (non-hydrogen) atoms. The van der Waals surface area contributed by atoms with Gasteiger partial charge in [-0.25, -0.2) is 8.42 Å². The summed E-state index contributed by atoms with van der Waals surface area (Å²) in [6.07, 6.45) is 0.467. The van der Waals surface area contributed by atoms with Crippen molar-refractivity contribution in [2.24, 2.45) is 5.92 Å². The smallest absolute Gasteiger partial charge is 0.265 e. The Morgan fingerprint density at radius 1 is 1.24 bits per heavy atom. The van der Waals surface area contributed by atoms with Crippen LogP contribution in [0.3, 0.4) is 0 Å². The van der Waals surface area contributed by atoms with E-state index in [0.717, 1.165) is 0 Å². The zero-order chi connectivity index (χ0) is 23.8. The molecule has 0 spiro atoms. The number of nitrogens with zero attached hydrogens (tertiary/aromatic N) is 1. The van der Waals surface area contributed by atoms with Crippen molar-refractivity contribution in [3.05, 3.63) is 42.0 Å². The van der Waals surface area contributed by atoms with Gasteiger partial charge in [0.2, 0.25) is 15.9 Å². The predicted octanol–water partition coefficient (Wildman–Crippen LogP) is 2.76. The van der Waals surface area contributed by atoms with Gasteiger partial charge in [-0.2, -0.15) is 4.31 Å². The topological polar surface area (TPSA) is 114 Å². The molecule has 0 aromatic heterocycles. The van der Waals surface area contributed by atoms with Crippen molar-refractivity contribution >= 4 is 33.2 Å². The van der Waals surface area contributed by atoms with Crippen LogP contribution in [0.15, 0.2) is 41.3 Å². The van der Waals surface area contributed by atoms with E-state index in [1.54, 1.807) is 51.3 Å². The molecule has 2 heterocycles. The van der Waals surface area contributed by atoms with Crippen LogP contribution in [0.5, 0.6) is 11.5 Å². The third kappa shape index (κ3) is 4.67. The lowest BCUT2D eigenvalue weighted by Gasteiger charge is -2.32. The van der Waals surface area contributed by atoms with Crippen LogP contribution < -0.4 is 20.1 Å². The van der Waals surface area contributed by atoms with Crippen LogP contribution in [0, 0.1) is 12.8 Å². The molecule has 0 radical (unpaired) electrons. The normalized spacial score (nSPS) is 20.9. The Morgan fingerprint density at radius 2 is 1.97 bits per heavy atom. The van der Waals surface area contributed by atoms with Gasteiger partial charge in [0, 0.05) is 24.8 Å². The fraction of sp³-hybridized carbons (Fsp3) is 0.391. The monoisotopic (exact) mass is 473 g/mol. The van der Waals surface area contributed by atoms with E-state index in [0.29, 0.717) is 47.8 Å². The highest BCUT2D eigenvalue weighted by Crippen LogP contribution is 2.36. The Balaban J connectivity index is 1.52. The van der Waals surface area contributed by atoms with Crippen molar-refractivity contribution in [2.45, 2.75) is 37.7 Å². The molecule has 0 aliphatic carbocycles. The molecule has 2 aliphatic heterocycles. The minimum Gasteiger partial charge on any atom is -0.497 e. The van der Waals surface area contributed by atoms with E-state index in [2.05, 4.69) is 10.6 Å². The predicted molar refractivity (Wildman–Crippen MR) is 123 cm³/mol. The second-order valence-electron chi connectivity index (χ2n) is 8.28. The maximum atomic E-state index is 13.5. The number of piperidine rings is 1. The summed E-state index contributed by atoms with van der Waals surface area (Å²) in [6.45, 7) is 3.70. The molecule has 2 aromatic rings. The molecule has 2 amide bonds. The first kappa shape index (κ1) is 23.1. The Morgan fingerprint density at radius 3 is 2.67 bits per heavy atom. The summed E-state index contributed by atoms with van der Waals surface area (Å²) in [6, 6.07) is 10.0. The van der Waals surface area contributed by atoms with E-state index in [1.807, 2.05) is 0 Å². The largest absolute Gasteiger partial charge is 0.497 e. The van der Waals surface area contributed by atoms with Gasteiger partial charge in [-0.15, -0.1) is 0 Å². The molecule has 9 nitrogen and oxygen atoms in total. The number of carbonyl (C=O) groups excluding carboxylic acids is 2. The van der Waals surface area contributed by atoms with Crippen LogP contribution in [0.1, 0.15) is 25.3 Å². The minimum absolute atomic E-state index is 0.0921. The summed E-state index contributed by atoms with van der Waals surface area (Å²) in [5.74, 6) is 0.0313. The summed E-state index contributed by atoms with van der Waals surface area (Å²) in [5.41, 5.74) is 1.57. The lowest BCUT2D eigenvalue weighted by atomic mass is 9.99. The van der Waals surface area contributed by atoms with Crippen LogP contribution >= 0.6 is 0 Å². The van der Waals surface area contributed by atoms with Crippen molar-refractivity contribution in [1.82, 2.24) is 4.31 Å². The van der Waals surface area contributed by atoms with Gasteiger partial charge in [0.25, 0.3) is 5.91 Å². The first-order chi connectivity index (χ1) is 15.7. The Kier molecular flexibility index (Phi) is 6.31. The number of ether oxygens (including phenoxy) is 2. The number of fused-ring (bicyclic) bond motifs is 1. The molecule has 1 saturated heterocycles. The fourth-order valence-electron chi connectivity index (χ4n) is 4.05. The molecule has 176 valence electrons. The molecular formula is C23H27N3O6S. The molecule has 2 aliphatic rings. The molecule has 0 bridgehead atoms. The average Bonchev–Trinajstić information content (AvgIpc) is 2.80. The standard InChI is InChI=1S/C23H27N3O6S/c1-14-11-19-20(32-15(2)22(27)25-19)12-21(14)33(29,30)26-10-4-5-16(13-26)23(28)24-17-6-8-18(31-3)9-7-17/h6-9,11-12,15-16H,4-5,10,13H2,1-3H3,(H,24,28)(H,25,27)/t15-,16+/m0/s1. The lowest BCUT2D eigenvalue weighted by molar-refractivity contribution is -0.123. The van der Waals surface area contributed by atoms with Crippen molar-refractivity contribution in [2.75, 3.05) is 30.8 Å². The second-order valence-corrected chi connectivity index (χ2v) is 10.2. The lowest BCUT2D eigenvalue weighted by Crippen LogP contribution is -2.44. The van der Waals surface area contributed by atoms with E-state index >= 15 is 0 Å². The molecular weight excluding hydrogens is 446 g/mol. The average molecular weight is 474 g/mol. The van der Waals surface area contributed by atoms with Gasteiger partial charge in [-0.3, -0.25) is 9.59 Å². The summed E-state index contributed by atoms with van der Waals surface area (Å²) in [5, 5.41) is 5.59. The first-order valence-electron chi connectivity index (χ1n) is 10.8. The van der Waals surface area contributed by atoms with Crippen molar-refractivity contribution in [3.63, 3.8) is 0 Å². The van der Waals surface area contributed by atoms with Crippen LogP contribution in [0.4, 0.5) is 11.4 Å². The van der Waals surface area contributed by atoms with Gasteiger partial charge in [0.05, 0.1) is 23.6 Å². The zero-order valence-corrected chi connectivity index (χ0v) is 19.6. The number of aryl methyl sites for hydroxylation is 1. The van der Waals surface area contributed by atoms with Crippen LogP contribution in [-0.4, -0.2) is 50.8 Å². The van der Waals surface area contributed by atoms with Gasteiger partial charge in [0.1, 0.15) is 11.5 Å². The van der Waals surface area contributed by atoms with E-state index < -0.39 is 22.0 Å². The molecule has 1 fully saturated rings. The Bertz CT molecular complexity index is 1180. The maximum absolute atomic E-state index is 13.5. The van der Waals surface area contributed by atoms with Crippen LogP contribution in [0.25, 0.3) is 0 Å². The third-order valence-electron chi connectivity index (χ3n) is 5.94. The molecule has 2 aromatic carbocycles. The quantitative estimate of drug-likeness (QED) is 0.690. The number of rotatable bonds is 5. The van der Waals surface area contributed by atoms with Gasteiger partial charge in [-0.05, 0) is 62.6 Å². The van der Waals surface area contributed by atoms with Crippen LogP contribution in [0.2, 0.25) is 0 Å². The first-order valence-corrected chi connectivity index (χ1v) is 12.2. The van der Waals surface area contributed by atoms with Crippen LogP contribution in [-0.2, 0) is 19.6 Å². The number of nitrogens with one attached hydrogen (secondary N) is 2. The number of methoxy groups -OCH3 is 1. The molecule has 2 atom stereocenters. The molecule has 0 saturated carbocycles. The van der Waals surface area contributed by atoms with Crippen molar-refractivity contribution in [3.8, 4) is 11.5 Å². The van der Waals surface area contributed by atoms with E-state index in [1.165, 1.54) is 10.4 Å². The Hall–Kier alpha value is -3.11. The molecule has 4 rings (SSSR count). The van der Waals surface area contributed by atoms with E-state index in [-0.39, 0.29) is 23.3 Å². The summed E-state index contributed by atoms with van der Waals surface area (Å²) >= 11 is 0. The Labute approximate surface area is 193 Å². The number of hydrogen-bond acceptors (Lipinski definition) is 6. The second kappa shape index (κ2) is 9.03. The van der Waals surface area contributed by atoms with E-state index in [4.69, 9.17) is 9.47 Å². The number of anilines is 2. The SMILES string of the molecule is COc1ccc(NC(=O)[C@@H]2CCCN(S(=O)(=O)c3cc4c(cc3C)NC(=O)[C@H](C)O4)C2)cc1. The number of benzene rings is 2. The van der Waals surface area contributed by atoms with Crippen molar-refractivity contribution in [1.29, 1.82) is 0 Å². The van der Waals surface area contributed by atoms with Gasteiger partial charge >= 0.3 is 0 Å². The van der Waals surface area contributed by atoms with Gasteiger partial charge < -0.3 is 20.1 Å². The summed E-state index contributed by atoms with van der Waals surface area (Å²) < 4.78 is 39.0. The number of sulfonamides is 1. The molecule has 2 N–H and O–H groups in total. The maximum Gasteiger partial charge on any atom is 0.265 e. The van der Waals surface area contributed by atoms with E-state index in [9.17, 15) is 18.0 Å². The van der Waals surface area contributed by atoms with Crippen molar-refractivity contribution < 1.29 is 27.5 Å². The molecule has 0 unspecified atom stereocenters. The number of hydrogen-bond donors (Lipinski definition) is 2. The third-order valence-corrected chi connectivity index (χ3v) is 7.95. The summed E-state index contributed by atoms with van der Waals surface area (Å²) in [7, 11) is -2.29. The van der Waals surface area contributed by atoms with Gasteiger partial charge in [-0.1, -0.05) is 0 Å². The summed E-state index contributed by atoms with van der Waals surface area (Å²) in [4.78, 5) is 24.8. The highest BCUT2D eigenvalue weighted by molar-refractivity contribution is 7.89. The zero-order valence-electron chi connectivity index (χ0n) is 18.8. The fourth-order valence-corrected chi connectivity index (χ4v) is 5.80. The molecule has 10 heteroatoms. The van der Waals surface area contributed by atoms with Gasteiger partial charge in [0.15, 0.2) is 6.10 Å². The highest BCUT2D eigenvalue weighted by atomic mass is 32.2. The highest BCUT2D eigenvalue weighted by Gasteiger charge is 2.35.